The van der Waals surface area contributed by atoms with Crippen LogP contribution in [-0.2, 0) is 11.2 Å². The molecule has 1 aliphatic carbocycles. The van der Waals surface area contributed by atoms with Gasteiger partial charge >= 0.3 is 0 Å². The Morgan fingerprint density at radius 2 is 1.67 bits per heavy atom. The zero-order chi connectivity index (χ0) is 14.5. The second-order valence-electron chi connectivity index (χ2n) is 5.74. The maximum atomic E-state index is 12.1. The maximum Gasteiger partial charge on any atom is 0.223 e. The van der Waals surface area contributed by atoms with Crippen molar-refractivity contribution in [1.29, 1.82) is 0 Å². The molecule has 0 saturated heterocycles. The third-order valence-corrected chi connectivity index (χ3v) is 4.14. The van der Waals surface area contributed by atoms with Crippen molar-refractivity contribution in [3.05, 3.63) is 71.8 Å². The molecule has 1 fully saturated rings. The lowest BCUT2D eigenvalue weighted by Gasteiger charge is -2.05. The number of carbonyl (C=O) groups excluding carboxylic acids is 1. The molecule has 0 spiro atoms. The second kappa shape index (κ2) is 6.57. The van der Waals surface area contributed by atoms with E-state index in [4.69, 9.17) is 0 Å². The molecule has 1 N–H and O–H groups in total. The number of amides is 1. The molecular weight excluding hydrogens is 258 g/mol. The van der Waals surface area contributed by atoms with E-state index in [1.807, 2.05) is 24.3 Å². The lowest BCUT2D eigenvalue weighted by atomic mass is 10.1. The van der Waals surface area contributed by atoms with Crippen molar-refractivity contribution in [2.45, 2.75) is 25.2 Å². The molecule has 2 aromatic rings. The topological polar surface area (TPSA) is 29.1 Å². The highest BCUT2D eigenvalue weighted by Crippen LogP contribution is 2.47. The summed E-state index contributed by atoms with van der Waals surface area (Å²) in [7, 11) is 0. The summed E-state index contributed by atoms with van der Waals surface area (Å²) in [5, 5.41) is 3.08. The molecule has 2 heteroatoms. The molecule has 1 saturated carbocycles. The van der Waals surface area contributed by atoms with Crippen LogP contribution in [0, 0.1) is 5.92 Å². The maximum absolute atomic E-state index is 12.1. The summed E-state index contributed by atoms with van der Waals surface area (Å²) in [6.45, 7) is 0.770. The number of carbonyl (C=O) groups is 1. The van der Waals surface area contributed by atoms with Gasteiger partial charge in [0.05, 0.1) is 0 Å². The van der Waals surface area contributed by atoms with Crippen molar-refractivity contribution < 1.29 is 4.79 Å². The van der Waals surface area contributed by atoms with E-state index < -0.39 is 0 Å². The van der Waals surface area contributed by atoms with Gasteiger partial charge in [-0.25, -0.2) is 0 Å². The van der Waals surface area contributed by atoms with Crippen molar-refractivity contribution in [2.75, 3.05) is 6.54 Å². The van der Waals surface area contributed by atoms with Crippen LogP contribution in [0.5, 0.6) is 0 Å². The van der Waals surface area contributed by atoms with Crippen molar-refractivity contribution in [2.24, 2.45) is 5.92 Å². The van der Waals surface area contributed by atoms with Crippen molar-refractivity contribution in [3.63, 3.8) is 0 Å². The van der Waals surface area contributed by atoms with Crippen LogP contribution in [-0.4, -0.2) is 12.5 Å². The van der Waals surface area contributed by atoms with Gasteiger partial charge in [-0.2, -0.15) is 0 Å². The molecule has 21 heavy (non-hydrogen) atoms. The molecule has 2 nitrogen and oxygen atoms in total. The first kappa shape index (κ1) is 13.9. The van der Waals surface area contributed by atoms with E-state index in [1.165, 1.54) is 11.1 Å². The zero-order valence-corrected chi connectivity index (χ0v) is 12.2. The summed E-state index contributed by atoms with van der Waals surface area (Å²) in [5.74, 6) is 0.835. The van der Waals surface area contributed by atoms with Crippen LogP contribution >= 0.6 is 0 Å². The van der Waals surface area contributed by atoms with Crippen molar-refractivity contribution in [3.8, 4) is 0 Å². The normalized spacial score (nSPS) is 20.0. The third-order valence-electron chi connectivity index (χ3n) is 4.14. The standard InChI is InChI=1S/C19H21NO/c21-19(18-14-17(18)16-11-5-2-6-12-16)20-13-7-10-15-8-3-1-4-9-15/h1-6,8-9,11-12,17-18H,7,10,13-14H2,(H,20,21)/t17-,18+/m0/s1. The largest absolute Gasteiger partial charge is 0.356 e. The lowest BCUT2D eigenvalue weighted by molar-refractivity contribution is -0.122. The SMILES string of the molecule is O=C(NCCCc1ccccc1)[C@@H]1C[C@H]1c1ccccc1. The first-order valence-corrected chi connectivity index (χ1v) is 7.71. The van der Waals surface area contributed by atoms with Gasteiger partial charge in [0.2, 0.25) is 5.91 Å². The molecule has 0 aromatic heterocycles. The van der Waals surface area contributed by atoms with E-state index in [2.05, 4.69) is 41.7 Å². The minimum atomic E-state index is 0.184. The van der Waals surface area contributed by atoms with Gasteiger partial charge in [0, 0.05) is 12.5 Å². The Hall–Kier alpha value is -2.09. The minimum Gasteiger partial charge on any atom is -0.356 e. The molecule has 0 unspecified atom stereocenters. The average Bonchev–Trinajstić information content (AvgIpc) is 3.34. The van der Waals surface area contributed by atoms with E-state index in [0.29, 0.717) is 5.92 Å². The van der Waals surface area contributed by atoms with Crippen molar-refractivity contribution in [1.82, 2.24) is 5.32 Å². The Balaban J connectivity index is 1.38. The molecule has 0 heterocycles. The Morgan fingerprint density at radius 1 is 1.00 bits per heavy atom. The molecular formula is C19H21NO. The summed E-state index contributed by atoms with van der Waals surface area (Å²) < 4.78 is 0. The van der Waals surface area contributed by atoms with Crippen LogP contribution in [0.3, 0.4) is 0 Å². The first-order chi connectivity index (χ1) is 10.3. The average molecular weight is 279 g/mol. The number of aryl methyl sites for hydroxylation is 1. The number of rotatable bonds is 6. The first-order valence-electron chi connectivity index (χ1n) is 7.71. The van der Waals surface area contributed by atoms with E-state index in [1.54, 1.807) is 0 Å². The summed E-state index contributed by atoms with van der Waals surface area (Å²) >= 11 is 0. The molecule has 3 rings (SSSR count). The molecule has 1 amide bonds. The molecule has 1 aliphatic rings. The van der Waals surface area contributed by atoms with Crippen LogP contribution in [0.15, 0.2) is 60.7 Å². The van der Waals surface area contributed by atoms with E-state index >= 15 is 0 Å². The summed E-state index contributed by atoms with van der Waals surface area (Å²) in [5.41, 5.74) is 2.63. The second-order valence-corrected chi connectivity index (χ2v) is 5.74. The van der Waals surface area contributed by atoms with Gasteiger partial charge in [0.25, 0.3) is 0 Å². The predicted octanol–water partition coefficient (Wildman–Crippen LogP) is 3.54. The van der Waals surface area contributed by atoms with Gasteiger partial charge in [-0.3, -0.25) is 4.79 Å². The van der Waals surface area contributed by atoms with Crippen LogP contribution < -0.4 is 5.32 Å². The fourth-order valence-corrected chi connectivity index (χ4v) is 2.83. The zero-order valence-electron chi connectivity index (χ0n) is 12.2. The van der Waals surface area contributed by atoms with E-state index in [-0.39, 0.29) is 11.8 Å². The molecule has 0 radical (unpaired) electrons. The smallest absolute Gasteiger partial charge is 0.223 e. The van der Waals surface area contributed by atoms with Gasteiger partial charge in [-0.1, -0.05) is 60.7 Å². The Kier molecular flexibility index (Phi) is 4.34. The van der Waals surface area contributed by atoms with E-state index in [9.17, 15) is 4.79 Å². The third kappa shape index (κ3) is 3.72. The predicted molar refractivity (Wildman–Crippen MR) is 85.1 cm³/mol. The highest BCUT2D eigenvalue weighted by atomic mass is 16.2. The van der Waals surface area contributed by atoms with Crippen LogP contribution in [0.25, 0.3) is 0 Å². The Bertz CT molecular complexity index is 579. The highest BCUT2D eigenvalue weighted by molar-refractivity contribution is 5.82. The van der Waals surface area contributed by atoms with Gasteiger partial charge in [0.1, 0.15) is 0 Å². The van der Waals surface area contributed by atoms with Crippen LogP contribution in [0.4, 0.5) is 0 Å². The Labute approximate surface area is 126 Å². The van der Waals surface area contributed by atoms with E-state index in [0.717, 1.165) is 25.8 Å². The fraction of sp³-hybridized carbons (Fsp3) is 0.316. The number of hydrogen-bond donors (Lipinski definition) is 1. The van der Waals surface area contributed by atoms with Gasteiger partial charge < -0.3 is 5.32 Å². The fourth-order valence-electron chi connectivity index (χ4n) is 2.83. The summed E-state index contributed by atoms with van der Waals surface area (Å²) in [6, 6.07) is 20.8. The molecule has 0 bridgehead atoms. The molecule has 108 valence electrons. The van der Waals surface area contributed by atoms with Gasteiger partial charge in [-0.05, 0) is 36.3 Å². The quantitative estimate of drug-likeness (QED) is 0.805. The molecule has 2 atom stereocenters. The monoisotopic (exact) mass is 279 g/mol. The van der Waals surface area contributed by atoms with Gasteiger partial charge in [-0.15, -0.1) is 0 Å². The number of nitrogens with one attached hydrogen (secondary N) is 1. The lowest BCUT2D eigenvalue weighted by Crippen LogP contribution is -2.26. The number of hydrogen-bond acceptors (Lipinski definition) is 1. The number of benzene rings is 2. The Morgan fingerprint density at radius 3 is 2.38 bits per heavy atom. The van der Waals surface area contributed by atoms with Crippen LogP contribution in [0.2, 0.25) is 0 Å². The highest BCUT2D eigenvalue weighted by Gasteiger charge is 2.43. The molecule has 0 aliphatic heterocycles. The van der Waals surface area contributed by atoms with Crippen molar-refractivity contribution >= 4 is 5.91 Å². The minimum absolute atomic E-state index is 0.184. The summed E-state index contributed by atoms with van der Waals surface area (Å²) in [6.07, 6.45) is 3.01. The summed E-state index contributed by atoms with van der Waals surface area (Å²) in [4.78, 5) is 12.1. The molecule has 2 aromatic carbocycles. The van der Waals surface area contributed by atoms with Crippen LogP contribution in [0.1, 0.15) is 29.9 Å². The van der Waals surface area contributed by atoms with Gasteiger partial charge in [0.15, 0.2) is 0 Å².